The van der Waals surface area contributed by atoms with Gasteiger partial charge < -0.3 is 0 Å². The molecule has 0 bridgehead atoms. The van der Waals surface area contributed by atoms with Crippen LogP contribution < -0.4 is 0 Å². The molecule has 0 spiro atoms. The van der Waals surface area contributed by atoms with Gasteiger partial charge in [-0.3, -0.25) is 0 Å². The summed E-state index contributed by atoms with van der Waals surface area (Å²) in [6, 6.07) is 2.47. The molecule has 1 aliphatic carbocycles. The van der Waals surface area contributed by atoms with Crippen molar-refractivity contribution in [2.24, 2.45) is 0 Å². The van der Waals surface area contributed by atoms with E-state index in [1.807, 2.05) is 0 Å². The SMILES string of the molecule is CCc1c(C)cc(C2(C)CC2)c(CC)c1C. The van der Waals surface area contributed by atoms with E-state index in [2.05, 4.69) is 40.7 Å². The molecule has 88 valence electrons. The van der Waals surface area contributed by atoms with Crippen molar-refractivity contribution < 1.29 is 0 Å². The van der Waals surface area contributed by atoms with E-state index < -0.39 is 0 Å². The quantitative estimate of drug-likeness (QED) is 0.699. The van der Waals surface area contributed by atoms with E-state index in [9.17, 15) is 0 Å². The highest BCUT2D eigenvalue weighted by molar-refractivity contribution is 5.49. The minimum absolute atomic E-state index is 0.507. The Balaban J connectivity index is 2.62. The summed E-state index contributed by atoms with van der Waals surface area (Å²) in [7, 11) is 0. The molecule has 2 rings (SSSR count). The van der Waals surface area contributed by atoms with Crippen LogP contribution in [0.3, 0.4) is 0 Å². The molecule has 0 unspecified atom stereocenters. The monoisotopic (exact) mass is 216 g/mol. The fourth-order valence-corrected chi connectivity index (χ4v) is 3.07. The van der Waals surface area contributed by atoms with Crippen LogP contribution in [0.5, 0.6) is 0 Å². The Hall–Kier alpha value is -0.780. The molecule has 0 saturated heterocycles. The second kappa shape index (κ2) is 3.91. The highest BCUT2D eigenvalue weighted by Crippen LogP contribution is 2.50. The largest absolute Gasteiger partial charge is 0.0613 e. The van der Waals surface area contributed by atoms with Gasteiger partial charge in [0.1, 0.15) is 0 Å². The standard InChI is InChI=1S/C16H24/c1-6-13-11(3)10-15(16(5)8-9-16)14(7-2)12(13)4/h10H,6-9H2,1-5H3. The number of hydrogen-bond acceptors (Lipinski definition) is 0. The molecule has 0 heteroatoms. The summed E-state index contributed by atoms with van der Waals surface area (Å²) < 4.78 is 0. The van der Waals surface area contributed by atoms with E-state index >= 15 is 0 Å². The first-order chi connectivity index (χ1) is 7.53. The molecule has 16 heavy (non-hydrogen) atoms. The van der Waals surface area contributed by atoms with Gasteiger partial charge in [0.05, 0.1) is 0 Å². The van der Waals surface area contributed by atoms with Crippen molar-refractivity contribution in [1.82, 2.24) is 0 Å². The molecule has 0 aromatic heterocycles. The van der Waals surface area contributed by atoms with Crippen LogP contribution in [0, 0.1) is 13.8 Å². The van der Waals surface area contributed by atoms with Crippen LogP contribution >= 0.6 is 0 Å². The van der Waals surface area contributed by atoms with Crippen LogP contribution in [0.4, 0.5) is 0 Å². The third-order valence-corrected chi connectivity index (χ3v) is 4.42. The maximum atomic E-state index is 2.47. The Morgan fingerprint density at radius 1 is 1.06 bits per heavy atom. The molecular formula is C16H24. The van der Waals surface area contributed by atoms with Gasteiger partial charge in [0.25, 0.3) is 0 Å². The van der Waals surface area contributed by atoms with Crippen LogP contribution in [-0.4, -0.2) is 0 Å². The number of rotatable bonds is 3. The summed E-state index contributed by atoms with van der Waals surface area (Å²) in [5.74, 6) is 0. The van der Waals surface area contributed by atoms with Gasteiger partial charge in [-0.15, -0.1) is 0 Å². The average molecular weight is 216 g/mol. The normalized spacial score (nSPS) is 17.6. The van der Waals surface area contributed by atoms with Gasteiger partial charge in [-0.1, -0.05) is 26.8 Å². The predicted octanol–water partition coefficient (Wildman–Crippen LogP) is 4.48. The molecule has 0 aliphatic heterocycles. The lowest BCUT2D eigenvalue weighted by Gasteiger charge is -2.21. The maximum absolute atomic E-state index is 2.47. The van der Waals surface area contributed by atoms with E-state index in [0.717, 1.165) is 0 Å². The fourth-order valence-electron chi connectivity index (χ4n) is 3.07. The van der Waals surface area contributed by atoms with Crippen molar-refractivity contribution >= 4 is 0 Å². The molecule has 1 aromatic carbocycles. The van der Waals surface area contributed by atoms with Crippen LogP contribution in [-0.2, 0) is 18.3 Å². The summed E-state index contributed by atoms with van der Waals surface area (Å²) in [4.78, 5) is 0. The predicted molar refractivity (Wildman–Crippen MR) is 71.3 cm³/mol. The van der Waals surface area contributed by atoms with E-state index in [4.69, 9.17) is 0 Å². The molecule has 0 nitrogen and oxygen atoms in total. The molecule has 1 saturated carbocycles. The lowest BCUT2D eigenvalue weighted by atomic mass is 9.84. The molecule has 1 aliphatic rings. The fraction of sp³-hybridized carbons (Fsp3) is 0.625. The van der Waals surface area contributed by atoms with Crippen molar-refractivity contribution in [3.05, 3.63) is 33.9 Å². The summed E-state index contributed by atoms with van der Waals surface area (Å²) in [5.41, 5.74) is 8.41. The first-order valence-corrected chi connectivity index (χ1v) is 6.66. The van der Waals surface area contributed by atoms with E-state index in [-0.39, 0.29) is 0 Å². The van der Waals surface area contributed by atoms with Crippen molar-refractivity contribution in [2.75, 3.05) is 0 Å². The van der Waals surface area contributed by atoms with Gasteiger partial charge in [-0.25, -0.2) is 0 Å². The molecule has 1 aromatic rings. The Labute approximate surface area is 100 Å². The van der Waals surface area contributed by atoms with Crippen molar-refractivity contribution in [3.8, 4) is 0 Å². The zero-order valence-corrected chi connectivity index (χ0v) is 11.4. The Morgan fingerprint density at radius 2 is 1.62 bits per heavy atom. The highest BCUT2D eigenvalue weighted by Gasteiger charge is 2.40. The van der Waals surface area contributed by atoms with Gasteiger partial charge in [0, 0.05) is 0 Å². The molecule has 0 N–H and O–H groups in total. The lowest BCUT2D eigenvalue weighted by Crippen LogP contribution is -2.09. The van der Waals surface area contributed by atoms with Gasteiger partial charge in [-0.2, -0.15) is 0 Å². The first kappa shape index (κ1) is 11.7. The highest BCUT2D eigenvalue weighted by atomic mass is 14.4. The van der Waals surface area contributed by atoms with E-state index in [1.165, 1.54) is 31.2 Å². The summed E-state index contributed by atoms with van der Waals surface area (Å²) in [5, 5.41) is 0. The molecule has 1 fully saturated rings. The van der Waals surface area contributed by atoms with Gasteiger partial charge in [0.2, 0.25) is 0 Å². The Bertz CT molecular complexity index is 409. The van der Waals surface area contributed by atoms with Crippen LogP contribution in [0.25, 0.3) is 0 Å². The molecular weight excluding hydrogens is 192 g/mol. The first-order valence-electron chi connectivity index (χ1n) is 6.66. The van der Waals surface area contributed by atoms with Crippen molar-refractivity contribution in [3.63, 3.8) is 0 Å². The summed E-state index contributed by atoms with van der Waals surface area (Å²) >= 11 is 0. The maximum Gasteiger partial charge on any atom is -0.00717 e. The van der Waals surface area contributed by atoms with Crippen LogP contribution in [0.1, 0.15) is 61.4 Å². The van der Waals surface area contributed by atoms with Gasteiger partial charge in [-0.05, 0) is 72.8 Å². The smallest absolute Gasteiger partial charge is 0.00717 e. The molecule has 0 atom stereocenters. The second-order valence-corrected chi connectivity index (χ2v) is 5.59. The van der Waals surface area contributed by atoms with Gasteiger partial charge >= 0.3 is 0 Å². The van der Waals surface area contributed by atoms with Crippen molar-refractivity contribution in [2.45, 2.75) is 65.7 Å². The van der Waals surface area contributed by atoms with Crippen molar-refractivity contribution in [1.29, 1.82) is 0 Å². The number of hydrogen-bond donors (Lipinski definition) is 0. The summed E-state index contributed by atoms with van der Waals surface area (Å²) in [6.45, 7) is 11.6. The Morgan fingerprint density at radius 3 is 2.06 bits per heavy atom. The minimum Gasteiger partial charge on any atom is -0.0613 e. The molecule has 0 radical (unpaired) electrons. The van der Waals surface area contributed by atoms with Gasteiger partial charge in [0.15, 0.2) is 0 Å². The zero-order valence-electron chi connectivity index (χ0n) is 11.4. The number of benzene rings is 1. The molecule has 0 amide bonds. The third kappa shape index (κ3) is 1.69. The van der Waals surface area contributed by atoms with Crippen LogP contribution in [0.15, 0.2) is 6.07 Å². The average Bonchev–Trinajstić information content (AvgIpc) is 2.98. The van der Waals surface area contributed by atoms with E-state index in [0.29, 0.717) is 5.41 Å². The zero-order chi connectivity index (χ0) is 11.9. The number of aryl methyl sites for hydroxylation is 1. The third-order valence-electron chi connectivity index (χ3n) is 4.42. The minimum atomic E-state index is 0.507. The topological polar surface area (TPSA) is 0 Å². The second-order valence-electron chi connectivity index (χ2n) is 5.59. The lowest BCUT2D eigenvalue weighted by molar-refractivity contribution is 0.764. The summed E-state index contributed by atoms with van der Waals surface area (Å²) in [6.07, 6.45) is 5.11. The molecule has 0 heterocycles. The van der Waals surface area contributed by atoms with E-state index in [1.54, 1.807) is 22.3 Å². The Kier molecular flexibility index (Phi) is 2.86. The van der Waals surface area contributed by atoms with Crippen LogP contribution in [0.2, 0.25) is 0 Å².